The molecular formula is C21H22N2O2. The highest BCUT2D eigenvalue weighted by Crippen LogP contribution is 2.23. The molecule has 0 aliphatic carbocycles. The first-order chi connectivity index (χ1) is 11.7. The van der Waals surface area contributed by atoms with Gasteiger partial charge in [-0.2, -0.15) is 0 Å². The summed E-state index contributed by atoms with van der Waals surface area (Å²) in [7, 11) is 0. The number of nitrogens with one attached hydrogen (secondary N) is 2. The van der Waals surface area contributed by atoms with E-state index < -0.39 is 0 Å². The average molecular weight is 334 g/mol. The minimum Gasteiger partial charge on any atom is -0.322 e. The molecule has 1 amide bonds. The van der Waals surface area contributed by atoms with Crippen molar-refractivity contribution >= 4 is 22.5 Å². The summed E-state index contributed by atoms with van der Waals surface area (Å²) in [6.07, 6.45) is 0. The summed E-state index contributed by atoms with van der Waals surface area (Å²) in [4.78, 5) is 26.9. The highest BCUT2D eigenvalue weighted by Gasteiger charge is 2.14. The zero-order valence-corrected chi connectivity index (χ0v) is 14.9. The lowest BCUT2D eigenvalue weighted by Gasteiger charge is -2.19. The van der Waals surface area contributed by atoms with Crippen molar-refractivity contribution in [3.8, 4) is 0 Å². The molecule has 0 unspecified atom stereocenters. The summed E-state index contributed by atoms with van der Waals surface area (Å²) >= 11 is 0. The van der Waals surface area contributed by atoms with Crippen LogP contribution in [0.4, 0.5) is 5.69 Å². The van der Waals surface area contributed by atoms with Gasteiger partial charge >= 0.3 is 0 Å². The first kappa shape index (κ1) is 17.0. The Labute approximate surface area is 146 Å². The van der Waals surface area contributed by atoms with Gasteiger partial charge in [0.1, 0.15) is 0 Å². The van der Waals surface area contributed by atoms with Crippen LogP contribution in [0.25, 0.3) is 10.9 Å². The molecule has 0 fully saturated rings. The van der Waals surface area contributed by atoms with Crippen LogP contribution in [-0.2, 0) is 5.41 Å². The van der Waals surface area contributed by atoms with Crippen LogP contribution in [-0.4, -0.2) is 10.9 Å². The second kappa shape index (κ2) is 6.20. The molecule has 4 heteroatoms. The van der Waals surface area contributed by atoms with Gasteiger partial charge < -0.3 is 10.3 Å². The van der Waals surface area contributed by atoms with Gasteiger partial charge in [-0.05, 0) is 47.7 Å². The molecule has 1 heterocycles. The van der Waals surface area contributed by atoms with Gasteiger partial charge in [-0.1, -0.05) is 39.0 Å². The maximum atomic E-state index is 12.5. The third-order valence-electron chi connectivity index (χ3n) is 4.32. The van der Waals surface area contributed by atoms with E-state index in [9.17, 15) is 9.59 Å². The number of benzene rings is 2. The van der Waals surface area contributed by atoms with Crippen molar-refractivity contribution < 1.29 is 4.79 Å². The molecule has 3 rings (SSSR count). The van der Waals surface area contributed by atoms with E-state index in [1.165, 1.54) is 5.56 Å². The van der Waals surface area contributed by atoms with Gasteiger partial charge in [0.15, 0.2) is 0 Å². The number of anilines is 1. The first-order valence-corrected chi connectivity index (χ1v) is 8.29. The molecule has 128 valence electrons. The van der Waals surface area contributed by atoms with Crippen molar-refractivity contribution in [2.24, 2.45) is 0 Å². The summed E-state index contributed by atoms with van der Waals surface area (Å²) in [5.41, 5.74) is 3.97. The predicted molar refractivity (Wildman–Crippen MR) is 102 cm³/mol. The van der Waals surface area contributed by atoms with Crippen LogP contribution >= 0.6 is 0 Å². The number of H-pyrrole nitrogens is 1. The zero-order chi connectivity index (χ0) is 18.2. The second-order valence-corrected chi connectivity index (χ2v) is 7.36. The molecule has 0 saturated carbocycles. The number of amides is 1. The largest absolute Gasteiger partial charge is 0.322 e. The van der Waals surface area contributed by atoms with Crippen molar-refractivity contribution in [3.63, 3.8) is 0 Å². The van der Waals surface area contributed by atoms with Crippen LogP contribution in [0.2, 0.25) is 0 Å². The van der Waals surface area contributed by atoms with Crippen LogP contribution in [0, 0.1) is 6.92 Å². The Morgan fingerprint density at radius 1 is 1.00 bits per heavy atom. The highest BCUT2D eigenvalue weighted by atomic mass is 16.1. The standard InChI is InChI=1S/C21H22N2O2/c1-13-11-19(24)23-18-12-16(9-10-17(13)18)22-20(25)14-5-7-15(8-6-14)21(2,3)4/h5-12H,1-4H3,(H,22,25)(H,23,24). The molecule has 2 aromatic carbocycles. The minimum absolute atomic E-state index is 0.0527. The maximum absolute atomic E-state index is 12.5. The summed E-state index contributed by atoms with van der Waals surface area (Å²) in [5.74, 6) is -0.171. The van der Waals surface area contributed by atoms with Crippen molar-refractivity contribution in [1.29, 1.82) is 0 Å². The molecule has 0 saturated heterocycles. The number of aromatic nitrogens is 1. The quantitative estimate of drug-likeness (QED) is 0.730. The summed E-state index contributed by atoms with van der Waals surface area (Å²) in [6.45, 7) is 8.31. The Kier molecular flexibility index (Phi) is 4.21. The SMILES string of the molecule is Cc1cc(=O)[nH]c2cc(NC(=O)c3ccc(C(C)(C)C)cc3)ccc12. The number of carbonyl (C=O) groups excluding carboxylic acids is 1. The maximum Gasteiger partial charge on any atom is 0.255 e. The van der Waals surface area contributed by atoms with Crippen molar-refractivity contribution in [2.45, 2.75) is 33.1 Å². The van der Waals surface area contributed by atoms with Gasteiger partial charge in [0.05, 0.1) is 5.52 Å². The van der Waals surface area contributed by atoms with Crippen molar-refractivity contribution in [2.75, 3.05) is 5.32 Å². The summed E-state index contributed by atoms with van der Waals surface area (Å²) in [5, 5.41) is 3.85. The van der Waals surface area contributed by atoms with E-state index in [4.69, 9.17) is 0 Å². The van der Waals surface area contributed by atoms with Gasteiger partial charge in [-0.3, -0.25) is 9.59 Å². The third kappa shape index (κ3) is 3.63. The van der Waals surface area contributed by atoms with E-state index in [0.717, 1.165) is 10.9 Å². The Morgan fingerprint density at radius 3 is 2.32 bits per heavy atom. The minimum atomic E-state index is -0.171. The van der Waals surface area contributed by atoms with E-state index >= 15 is 0 Å². The fourth-order valence-electron chi connectivity index (χ4n) is 2.84. The van der Waals surface area contributed by atoms with Gasteiger partial charge in [-0.15, -0.1) is 0 Å². The number of aryl methyl sites for hydroxylation is 1. The normalized spacial score (nSPS) is 11.5. The molecule has 1 aromatic heterocycles. The molecule has 0 radical (unpaired) electrons. The van der Waals surface area contributed by atoms with Crippen LogP contribution in [0.15, 0.2) is 53.3 Å². The first-order valence-electron chi connectivity index (χ1n) is 8.29. The Balaban J connectivity index is 1.85. The molecular weight excluding hydrogens is 312 g/mol. The molecule has 0 atom stereocenters. The van der Waals surface area contributed by atoms with E-state index in [1.807, 2.05) is 43.3 Å². The molecule has 2 N–H and O–H groups in total. The predicted octanol–water partition coefficient (Wildman–Crippen LogP) is 4.39. The Bertz CT molecular complexity index is 993. The van der Waals surface area contributed by atoms with Crippen molar-refractivity contribution in [3.05, 3.63) is 75.6 Å². The molecule has 3 aromatic rings. The molecule has 4 nitrogen and oxygen atoms in total. The van der Waals surface area contributed by atoms with Crippen molar-refractivity contribution in [1.82, 2.24) is 4.98 Å². The number of carbonyl (C=O) groups is 1. The fourth-order valence-corrected chi connectivity index (χ4v) is 2.84. The van der Waals surface area contributed by atoms with E-state index in [-0.39, 0.29) is 16.9 Å². The van der Waals surface area contributed by atoms with Crippen LogP contribution in [0.3, 0.4) is 0 Å². The number of hydrogen-bond acceptors (Lipinski definition) is 2. The topological polar surface area (TPSA) is 62.0 Å². The van der Waals surface area contributed by atoms with Crippen LogP contribution in [0.1, 0.15) is 42.3 Å². The number of rotatable bonds is 2. The average Bonchev–Trinajstić information content (AvgIpc) is 2.53. The van der Waals surface area contributed by atoms with E-state index in [2.05, 4.69) is 31.1 Å². The number of pyridine rings is 1. The monoisotopic (exact) mass is 334 g/mol. The van der Waals surface area contributed by atoms with Crippen LogP contribution in [0.5, 0.6) is 0 Å². The lowest BCUT2D eigenvalue weighted by atomic mass is 9.87. The molecule has 25 heavy (non-hydrogen) atoms. The Hall–Kier alpha value is -2.88. The smallest absolute Gasteiger partial charge is 0.255 e. The van der Waals surface area contributed by atoms with Gasteiger partial charge in [0.2, 0.25) is 5.56 Å². The van der Waals surface area contributed by atoms with E-state index in [0.29, 0.717) is 16.8 Å². The van der Waals surface area contributed by atoms with Crippen LogP contribution < -0.4 is 10.9 Å². The number of fused-ring (bicyclic) bond motifs is 1. The van der Waals surface area contributed by atoms with Gasteiger partial charge in [-0.25, -0.2) is 0 Å². The lowest BCUT2D eigenvalue weighted by molar-refractivity contribution is 0.102. The number of aromatic amines is 1. The van der Waals surface area contributed by atoms with E-state index in [1.54, 1.807) is 12.1 Å². The lowest BCUT2D eigenvalue weighted by Crippen LogP contribution is -2.14. The molecule has 0 aliphatic heterocycles. The number of hydrogen-bond donors (Lipinski definition) is 2. The van der Waals surface area contributed by atoms with Gasteiger partial charge in [0.25, 0.3) is 5.91 Å². The zero-order valence-electron chi connectivity index (χ0n) is 14.9. The third-order valence-corrected chi connectivity index (χ3v) is 4.32. The highest BCUT2D eigenvalue weighted by molar-refractivity contribution is 6.05. The van der Waals surface area contributed by atoms with Gasteiger partial charge in [0, 0.05) is 22.7 Å². The molecule has 0 aliphatic rings. The molecule has 0 bridgehead atoms. The summed E-state index contributed by atoms with van der Waals surface area (Å²) < 4.78 is 0. The second-order valence-electron chi connectivity index (χ2n) is 7.36. The summed E-state index contributed by atoms with van der Waals surface area (Å²) in [6, 6.07) is 14.7. The fraction of sp³-hybridized carbons (Fsp3) is 0.238. The molecule has 0 spiro atoms. The Morgan fingerprint density at radius 2 is 1.68 bits per heavy atom.